The van der Waals surface area contributed by atoms with E-state index in [1.807, 2.05) is 0 Å². The van der Waals surface area contributed by atoms with Gasteiger partial charge in [0.15, 0.2) is 0 Å². The number of carbonyl (C=O) groups excluding carboxylic acids is 1. The molecule has 1 fully saturated rings. The molecule has 1 heterocycles. The zero-order valence-electron chi connectivity index (χ0n) is 9.19. The van der Waals surface area contributed by atoms with E-state index in [0.29, 0.717) is 11.6 Å². The fourth-order valence-electron chi connectivity index (χ4n) is 1.71. The van der Waals surface area contributed by atoms with E-state index in [4.69, 9.17) is 9.47 Å². The minimum atomic E-state index is -0.469. The molecule has 16 heavy (non-hydrogen) atoms. The van der Waals surface area contributed by atoms with Crippen molar-refractivity contribution in [2.75, 3.05) is 14.2 Å². The van der Waals surface area contributed by atoms with Crippen molar-refractivity contribution in [2.24, 2.45) is 4.99 Å². The van der Waals surface area contributed by atoms with E-state index in [2.05, 4.69) is 9.98 Å². The van der Waals surface area contributed by atoms with Gasteiger partial charge in [-0.25, -0.2) is 9.78 Å². The van der Waals surface area contributed by atoms with Crippen molar-refractivity contribution >= 4 is 6.08 Å². The monoisotopic (exact) mass is 220 g/mol. The van der Waals surface area contributed by atoms with Crippen LogP contribution in [0.5, 0.6) is 11.6 Å². The topological polar surface area (TPSA) is 60.8 Å². The molecule has 0 saturated heterocycles. The fraction of sp³-hybridized carbons (Fsp3) is 0.455. The van der Waals surface area contributed by atoms with E-state index in [-0.39, 0.29) is 0 Å². The summed E-state index contributed by atoms with van der Waals surface area (Å²) in [4.78, 5) is 18.3. The lowest BCUT2D eigenvalue weighted by molar-refractivity contribution is 0.380. The van der Waals surface area contributed by atoms with Gasteiger partial charge in [-0.1, -0.05) is 0 Å². The molecule has 0 spiro atoms. The first-order valence-corrected chi connectivity index (χ1v) is 4.93. The Morgan fingerprint density at radius 3 is 2.69 bits per heavy atom. The van der Waals surface area contributed by atoms with E-state index >= 15 is 0 Å². The number of rotatable bonds is 4. The molecular weight excluding hydrogens is 208 g/mol. The van der Waals surface area contributed by atoms with Gasteiger partial charge in [0.1, 0.15) is 11.3 Å². The van der Waals surface area contributed by atoms with Gasteiger partial charge in [0, 0.05) is 11.6 Å². The molecule has 1 aromatic heterocycles. The van der Waals surface area contributed by atoms with E-state index in [1.54, 1.807) is 32.6 Å². The van der Waals surface area contributed by atoms with Gasteiger partial charge < -0.3 is 9.47 Å². The minimum Gasteiger partial charge on any atom is -0.495 e. The largest absolute Gasteiger partial charge is 0.495 e. The molecule has 0 aromatic carbocycles. The molecule has 0 unspecified atom stereocenters. The molecule has 0 aliphatic heterocycles. The average molecular weight is 220 g/mol. The van der Waals surface area contributed by atoms with Gasteiger partial charge in [0.2, 0.25) is 12.0 Å². The van der Waals surface area contributed by atoms with Crippen LogP contribution >= 0.6 is 0 Å². The highest BCUT2D eigenvalue weighted by atomic mass is 16.5. The van der Waals surface area contributed by atoms with Crippen molar-refractivity contribution in [3.05, 3.63) is 17.8 Å². The fourth-order valence-corrected chi connectivity index (χ4v) is 1.71. The Morgan fingerprint density at radius 1 is 1.44 bits per heavy atom. The van der Waals surface area contributed by atoms with E-state index in [0.717, 1.165) is 18.4 Å². The van der Waals surface area contributed by atoms with Gasteiger partial charge in [-0.05, 0) is 12.8 Å². The maximum absolute atomic E-state index is 10.4. The van der Waals surface area contributed by atoms with Crippen molar-refractivity contribution in [3.8, 4) is 11.6 Å². The summed E-state index contributed by atoms with van der Waals surface area (Å²) < 4.78 is 10.3. The molecule has 84 valence electrons. The van der Waals surface area contributed by atoms with Crippen molar-refractivity contribution in [1.29, 1.82) is 0 Å². The van der Waals surface area contributed by atoms with E-state index in [9.17, 15) is 4.79 Å². The second-order valence-electron chi connectivity index (χ2n) is 3.66. The second-order valence-corrected chi connectivity index (χ2v) is 3.66. The predicted octanol–water partition coefficient (Wildman–Crippen LogP) is 1.42. The number of methoxy groups -OCH3 is 2. The summed E-state index contributed by atoms with van der Waals surface area (Å²) >= 11 is 0. The number of nitrogens with zero attached hydrogens (tertiary/aromatic N) is 2. The average Bonchev–Trinajstić information content (AvgIpc) is 3.09. The summed E-state index contributed by atoms with van der Waals surface area (Å²) in [5.41, 5.74) is 0.369. The molecule has 0 radical (unpaired) electrons. The Morgan fingerprint density at radius 2 is 2.19 bits per heavy atom. The summed E-state index contributed by atoms with van der Waals surface area (Å²) in [6, 6.07) is 1.76. The van der Waals surface area contributed by atoms with Crippen LogP contribution in [0.4, 0.5) is 0 Å². The van der Waals surface area contributed by atoms with Crippen LogP contribution in [0.25, 0.3) is 0 Å². The van der Waals surface area contributed by atoms with Crippen LogP contribution in [0.3, 0.4) is 0 Å². The minimum absolute atomic E-state index is 0.469. The van der Waals surface area contributed by atoms with E-state index in [1.165, 1.54) is 0 Å². The molecule has 1 aliphatic carbocycles. The van der Waals surface area contributed by atoms with Crippen molar-refractivity contribution in [3.63, 3.8) is 0 Å². The van der Waals surface area contributed by atoms with Crippen LogP contribution in [0.15, 0.2) is 17.3 Å². The molecule has 1 aliphatic rings. The van der Waals surface area contributed by atoms with Gasteiger partial charge in [-0.2, -0.15) is 4.99 Å². The van der Waals surface area contributed by atoms with Crippen LogP contribution in [0.2, 0.25) is 0 Å². The molecule has 5 nitrogen and oxygen atoms in total. The molecular formula is C11H12N2O3. The Hall–Kier alpha value is -1.87. The number of hydrogen-bond donors (Lipinski definition) is 0. The Bertz CT molecular complexity index is 449. The molecule has 0 atom stereocenters. The third-order valence-corrected chi connectivity index (χ3v) is 2.76. The second kappa shape index (κ2) is 3.94. The number of aliphatic imine (C=N–C) groups is 1. The third-order valence-electron chi connectivity index (χ3n) is 2.76. The van der Waals surface area contributed by atoms with Crippen molar-refractivity contribution < 1.29 is 14.3 Å². The lowest BCUT2D eigenvalue weighted by Gasteiger charge is -2.13. The Labute approximate surface area is 93.1 Å². The molecule has 0 bridgehead atoms. The summed E-state index contributed by atoms with van der Waals surface area (Å²) in [6.45, 7) is 0. The predicted molar refractivity (Wildman–Crippen MR) is 56.4 cm³/mol. The Kier molecular flexibility index (Phi) is 2.62. The van der Waals surface area contributed by atoms with Crippen LogP contribution < -0.4 is 9.47 Å². The number of pyridine rings is 1. The molecule has 2 rings (SSSR count). The highest BCUT2D eigenvalue weighted by molar-refractivity contribution is 5.47. The first-order valence-electron chi connectivity index (χ1n) is 4.93. The first-order chi connectivity index (χ1) is 7.75. The maximum atomic E-state index is 10.4. The van der Waals surface area contributed by atoms with Crippen LogP contribution in [0.1, 0.15) is 18.4 Å². The molecule has 0 amide bonds. The van der Waals surface area contributed by atoms with Gasteiger partial charge >= 0.3 is 0 Å². The quantitative estimate of drug-likeness (QED) is 0.568. The van der Waals surface area contributed by atoms with Crippen molar-refractivity contribution in [2.45, 2.75) is 18.4 Å². The van der Waals surface area contributed by atoms with Gasteiger partial charge in [-0.15, -0.1) is 0 Å². The van der Waals surface area contributed by atoms with Crippen LogP contribution in [-0.4, -0.2) is 25.3 Å². The summed E-state index contributed by atoms with van der Waals surface area (Å²) in [5.74, 6) is 1.11. The van der Waals surface area contributed by atoms with Gasteiger partial charge in [-0.3, -0.25) is 0 Å². The number of hydrogen-bond acceptors (Lipinski definition) is 5. The molecule has 1 saturated carbocycles. The molecule has 5 heteroatoms. The highest BCUT2D eigenvalue weighted by Crippen LogP contribution is 2.52. The summed E-state index contributed by atoms with van der Waals surface area (Å²) in [5, 5.41) is 0. The number of isocyanates is 1. The first kappa shape index (κ1) is 10.6. The maximum Gasteiger partial charge on any atom is 0.235 e. The highest BCUT2D eigenvalue weighted by Gasteiger charge is 2.47. The third kappa shape index (κ3) is 1.66. The molecule has 1 aromatic rings. The van der Waals surface area contributed by atoms with Gasteiger partial charge in [0.05, 0.1) is 20.4 Å². The normalized spacial score (nSPS) is 16.1. The standard InChI is InChI=1S/C11H12N2O3/c1-15-9-6-12-10(16-2)5-8(9)11(3-4-11)13-7-14/h5-6H,3-4H2,1-2H3. The Balaban J connectivity index is 2.49. The summed E-state index contributed by atoms with van der Waals surface area (Å²) in [6.07, 6.45) is 4.84. The summed E-state index contributed by atoms with van der Waals surface area (Å²) in [7, 11) is 3.11. The zero-order chi connectivity index (χ0) is 11.6. The lowest BCUT2D eigenvalue weighted by Crippen LogP contribution is -2.06. The molecule has 0 N–H and O–H groups in total. The van der Waals surface area contributed by atoms with Gasteiger partial charge in [0.25, 0.3) is 0 Å². The smallest absolute Gasteiger partial charge is 0.235 e. The SMILES string of the molecule is COc1cc(C2(N=C=O)CC2)c(OC)cn1. The number of aromatic nitrogens is 1. The zero-order valence-corrected chi connectivity index (χ0v) is 9.19. The van der Waals surface area contributed by atoms with Crippen LogP contribution in [0, 0.1) is 0 Å². The lowest BCUT2D eigenvalue weighted by atomic mass is 10.1. The van der Waals surface area contributed by atoms with Crippen LogP contribution in [-0.2, 0) is 10.3 Å². The number of ether oxygens (including phenoxy) is 2. The van der Waals surface area contributed by atoms with Crippen molar-refractivity contribution in [1.82, 2.24) is 4.98 Å². The van der Waals surface area contributed by atoms with E-state index < -0.39 is 5.54 Å².